The van der Waals surface area contributed by atoms with Crippen molar-refractivity contribution in [1.29, 1.82) is 5.26 Å². The summed E-state index contributed by atoms with van der Waals surface area (Å²) in [5.74, 6) is -1.31. The SMILES string of the molecule is CCC(C#N)c1ccccc1C(=O)O. The molecule has 0 radical (unpaired) electrons. The summed E-state index contributed by atoms with van der Waals surface area (Å²) in [5.41, 5.74) is 0.825. The maximum absolute atomic E-state index is 10.8. The van der Waals surface area contributed by atoms with Crippen LogP contribution >= 0.6 is 0 Å². The lowest BCUT2D eigenvalue weighted by Gasteiger charge is -2.09. The molecule has 72 valence electrons. The van der Waals surface area contributed by atoms with E-state index < -0.39 is 5.97 Å². The quantitative estimate of drug-likeness (QED) is 0.794. The summed E-state index contributed by atoms with van der Waals surface area (Å²) < 4.78 is 0. The molecule has 0 saturated carbocycles. The van der Waals surface area contributed by atoms with Crippen molar-refractivity contribution in [3.63, 3.8) is 0 Å². The van der Waals surface area contributed by atoms with Crippen LogP contribution in [0.15, 0.2) is 24.3 Å². The smallest absolute Gasteiger partial charge is 0.336 e. The number of benzene rings is 1. The molecular formula is C11H11NO2. The van der Waals surface area contributed by atoms with Crippen LogP contribution in [-0.4, -0.2) is 11.1 Å². The molecule has 3 nitrogen and oxygen atoms in total. The number of hydrogen-bond donors (Lipinski definition) is 1. The van der Waals surface area contributed by atoms with E-state index in [4.69, 9.17) is 10.4 Å². The highest BCUT2D eigenvalue weighted by Gasteiger charge is 2.16. The fourth-order valence-corrected chi connectivity index (χ4v) is 1.38. The van der Waals surface area contributed by atoms with Crippen molar-refractivity contribution in [3.8, 4) is 6.07 Å². The van der Waals surface area contributed by atoms with E-state index in [1.165, 1.54) is 6.07 Å². The first-order chi connectivity index (χ1) is 6.70. The predicted octanol–water partition coefficient (Wildman–Crippen LogP) is 2.40. The van der Waals surface area contributed by atoms with Gasteiger partial charge in [-0.1, -0.05) is 25.1 Å². The Balaban J connectivity index is 3.20. The maximum atomic E-state index is 10.8. The molecule has 0 aliphatic carbocycles. The molecule has 1 atom stereocenters. The van der Waals surface area contributed by atoms with Crippen molar-refractivity contribution >= 4 is 5.97 Å². The first-order valence-corrected chi connectivity index (χ1v) is 4.42. The van der Waals surface area contributed by atoms with E-state index in [9.17, 15) is 4.79 Å². The highest BCUT2D eigenvalue weighted by molar-refractivity contribution is 5.89. The zero-order valence-electron chi connectivity index (χ0n) is 7.90. The van der Waals surface area contributed by atoms with Crippen LogP contribution in [0.2, 0.25) is 0 Å². The van der Waals surface area contributed by atoms with Crippen molar-refractivity contribution in [2.24, 2.45) is 0 Å². The number of carbonyl (C=O) groups is 1. The molecule has 1 N–H and O–H groups in total. The lowest BCUT2D eigenvalue weighted by atomic mass is 9.93. The number of nitrogens with zero attached hydrogens (tertiary/aromatic N) is 1. The molecule has 0 fully saturated rings. The molecule has 0 saturated heterocycles. The molecule has 3 heteroatoms. The van der Waals surface area contributed by atoms with Crippen LogP contribution in [0.1, 0.15) is 35.2 Å². The van der Waals surface area contributed by atoms with E-state index in [1.807, 2.05) is 6.92 Å². The minimum absolute atomic E-state index is 0.223. The van der Waals surface area contributed by atoms with Crippen molar-refractivity contribution in [1.82, 2.24) is 0 Å². The van der Waals surface area contributed by atoms with Gasteiger partial charge < -0.3 is 5.11 Å². The Labute approximate surface area is 82.6 Å². The highest BCUT2D eigenvalue weighted by atomic mass is 16.4. The number of nitriles is 1. The zero-order valence-corrected chi connectivity index (χ0v) is 7.90. The van der Waals surface area contributed by atoms with E-state index in [2.05, 4.69) is 6.07 Å². The number of rotatable bonds is 3. The monoisotopic (exact) mass is 189 g/mol. The van der Waals surface area contributed by atoms with Crippen molar-refractivity contribution in [2.75, 3.05) is 0 Å². The summed E-state index contributed by atoms with van der Waals surface area (Å²) in [6.45, 7) is 1.87. The third-order valence-electron chi connectivity index (χ3n) is 2.13. The maximum Gasteiger partial charge on any atom is 0.336 e. The van der Waals surface area contributed by atoms with E-state index in [1.54, 1.807) is 18.2 Å². The minimum atomic E-state index is -0.977. The van der Waals surface area contributed by atoms with Crippen LogP contribution in [0.25, 0.3) is 0 Å². The molecule has 1 rings (SSSR count). The fraction of sp³-hybridized carbons (Fsp3) is 0.273. The second-order valence-corrected chi connectivity index (χ2v) is 2.98. The zero-order chi connectivity index (χ0) is 10.6. The van der Waals surface area contributed by atoms with E-state index in [0.29, 0.717) is 12.0 Å². The molecule has 0 aliphatic heterocycles. The molecule has 0 amide bonds. The molecule has 14 heavy (non-hydrogen) atoms. The number of hydrogen-bond acceptors (Lipinski definition) is 2. The third-order valence-corrected chi connectivity index (χ3v) is 2.13. The van der Waals surface area contributed by atoms with Gasteiger partial charge in [-0.25, -0.2) is 4.79 Å². The number of carboxylic acid groups (broad SMARTS) is 1. The molecule has 1 aromatic carbocycles. The summed E-state index contributed by atoms with van der Waals surface area (Å²) in [5, 5.41) is 17.7. The molecule has 0 spiro atoms. The Morgan fingerprint density at radius 3 is 2.71 bits per heavy atom. The van der Waals surface area contributed by atoms with Gasteiger partial charge in [0.15, 0.2) is 0 Å². The highest BCUT2D eigenvalue weighted by Crippen LogP contribution is 2.22. The van der Waals surface area contributed by atoms with Crippen LogP contribution < -0.4 is 0 Å². The largest absolute Gasteiger partial charge is 0.478 e. The standard InChI is InChI=1S/C11H11NO2/c1-2-8(7-12)9-5-3-4-6-10(9)11(13)14/h3-6,8H,2H2,1H3,(H,13,14). The van der Waals surface area contributed by atoms with Crippen LogP contribution in [0.3, 0.4) is 0 Å². The Bertz CT molecular complexity index is 379. The van der Waals surface area contributed by atoms with E-state index >= 15 is 0 Å². The average Bonchev–Trinajstić information content (AvgIpc) is 2.20. The van der Waals surface area contributed by atoms with Crippen molar-refractivity contribution in [2.45, 2.75) is 19.3 Å². The molecule has 0 bridgehead atoms. The van der Waals surface area contributed by atoms with Gasteiger partial charge in [-0.05, 0) is 18.1 Å². The van der Waals surface area contributed by atoms with Crippen LogP contribution in [0, 0.1) is 11.3 Å². The van der Waals surface area contributed by atoms with Gasteiger partial charge in [-0.15, -0.1) is 0 Å². The van der Waals surface area contributed by atoms with Gasteiger partial charge in [0.05, 0.1) is 17.6 Å². The summed E-state index contributed by atoms with van der Waals surface area (Å²) in [4.78, 5) is 10.8. The Hall–Kier alpha value is -1.82. The minimum Gasteiger partial charge on any atom is -0.478 e. The summed E-state index contributed by atoms with van der Waals surface area (Å²) in [6, 6.07) is 8.74. The van der Waals surface area contributed by atoms with Crippen LogP contribution in [0.4, 0.5) is 0 Å². The van der Waals surface area contributed by atoms with Gasteiger partial charge in [0, 0.05) is 0 Å². The van der Waals surface area contributed by atoms with E-state index in [-0.39, 0.29) is 11.5 Å². The first kappa shape index (κ1) is 10.3. The number of carboxylic acids is 1. The predicted molar refractivity (Wildman–Crippen MR) is 52.0 cm³/mol. The van der Waals surface area contributed by atoms with Gasteiger partial charge in [0.2, 0.25) is 0 Å². The third kappa shape index (κ3) is 1.91. The van der Waals surface area contributed by atoms with Gasteiger partial charge in [0.1, 0.15) is 0 Å². The van der Waals surface area contributed by atoms with Crippen LogP contribution in [0.5, 0.6) is 0 Å². The van der Waals surface area contributed by atoms with Crippen molar-refractivity contribution < 1.29 is 9.90 Å². The van der Waals surface area contributed by atoms with Gasteiger partial charge in [0.25, 0.3) is 0 Å². The van der Waals surface area contributed by atoms with Crippen molar-refractivity contribution in [3.05, 3.63) is 35.4 Å². The van der Waals surface area contributed by atoms with Gasteiger partial charge in [-0.3, -0.25) is 0 Å². The first-order valence-electron chi connectivity index (χ1n) is 4.42. The molecule has 1 aromatic rings. The Kier molecular flexibility index (Phi) is 3.24. The Morgan fingerprint density at radius 1 is 1.57 bits per heavy atom. The Morgan fingerprint density at radius 2 is 2.21 bits per heavy atom. The van der Waals surface area contributed by atoms with Gasteiger partial charge in [-0.2, -0.15) is 5.26 Å². The summed E-state index contributed by atoms with van der Waals surface area (Å²) in [6.07, 6.45) is 0.626. The second-order valence-electron chi connectivity index (χ2n) is 2.98. The summed E-state index contributed by atoms with van der Waals surface area (Å²) >= 11 is 0. The molecule has 0 aliphatic rings. The van der Waals surface area contributed by atoms with Crippen LogP contribution in [-0.2, 0) is 0 Å². The topological polar surface area (TPSA) is 61.1 Å². The summed E-state index contributed by atoms with van der Waals surface area (Å²) in [7, 11) is 0. The average molecular weight is 189 g/mol. The lowest BCUT2D eigenvalue weighted by molar-refractivity contribution is 0.0695. The van der Waals surface area contributed by atoms with E-state index in [0.717, 1.165) is 0 Å². The number of aromatic carboxylic acids is 1. The normalized spacial score (nSPS) is 11.7. The molecule has 1 unspecified atom stereocenters. The molecular weight excluding hydrogens is 178 g/mol. The molecule has 0 heterocycles. The fourth-order valence-electron chi connectivity index (χ4n) is 1.38. The van der Waals surface area contributed by atoms with Gasteiger partial charge >= 0.3 is 5.97 Å². The lowest BCUT2D eigenvalue weighted by Crippen LogP contribution is -2.05. The second kappa shape index (κ2) is 4.43. The molecule has 0 aromatic heterocycles.